The van der Waals surface area contributed by atoms with Crippen LogP contribution in [0.2, 0.25) is 0 Å². The lowest BCUT2D eigenvalue weighted by Crippen LogP contribution is -2.32. The Hall–Kier alpha value is -1.40. The zero-order valence-corrected chi connectivity index (χ0v) is 11.4. The summed E-state index contributed by atoms with van der Waals surface area (Å²) in [5.41, 5.74) is 1.76. The van der Waals surface area contributed by atoms with E-state index in [-0.39, 0.29) is 5.97 Å². The van der Waals surface area contributed by atoms with Crippen LogP contribution in [0.15, 0.2) is 6.20 Å². The molecule has 1 atom stereocenters. The standard InChI is InChI=1S/C12H21N3O3/c1-5-10-9(8-15(2)14-10)11(12(16)18-4)13-6-7-17-3/h8,11,13H,5-7H2,1-4H3. The third kappa shape index (κ3) is 3.54. The summed E-state index contributed by atoms with van der Waals surface area (Å²) >= 11 is 0. The van der Waals surface area contributed by atoms with Crippen molar-refractivity contribution < 1.29 is 14.3 Å². The van der Waals surface area contributed by atoms with Gasteiger partial charge in [-0.05, 0) is 6.42 Å². The first-order chi connectivity index (χ1) is 8.63. The van der Waals surface area contributed by atoms with Gasteiger partial charge in [0.25, 0.3) is 0 Å². The van der Waals surface area contributed by atoms with Gasteiger partial charge in [-0.3, -0.25) is 10.00 Å². The Morgan fingerprint density at radius 2 is 2.28 bits per heavy atom. The summed E-state index contributed by atoms with van der Waals surface area (Å²) in [7, 11) is 4.85. The molecule has 102 valence electrons. The number of aromatic nitrogens is 2. The molecule has 1 rings (SSSR count). The van der Waals surface area contributed by atoms with Crippen molar-refractivity contribution in [2.45, 2.75) is 19.4 Å². The fourth-order valence-corrected chi connectivity index (χ4v) is 1.81. The molecule has 0 bridgehead atoms. The minimum atomic E-state index is -0.492. The molecular weight excluding hydrogens is 234 g/mol. The summed E-state index contributed by atoms with van der Waals surface area (Å²) in [4.78, 5) is 11.8. The molecule has 1 aromatic heterocycles. The molecule has 6 heteroatoms. The van der Waals surface area contributed by atoms with Gasteiger partial charge in [0.2, 0.25) is 0 Å². The number of carbonyl (C=O) groups is 1. The topological polar surface area (TPSA) is 65.4 Å². The Kier molecular flexibility index (Phi) is 5.80. The molecule has 1 unspecified atom stereocenters. The van der Waals surface area contributed by atoms with E-state index in [0.717, 1.165) is 17.7 Å². The van der Waals surface area contributed by atoms with E-state index in [2.05, 4.69) is 10.4 Å². The van der Waals surface area contributed by atoms with Crippen molar-refractivity contribution in [1.29, 1.82) is 0 Å². The van der Waals surface area contributed by atoms with Gasteiger partial charge in [0.15, 0.2) is 0 Å². The van der Waals surface area contributed by atoms with Crippen molar-refractivity contribution in [2.75, 3.05) is 27.4 Å². The fraction of sp³-hybridized carbons (Fsp3) is 0.667. The molecule has 1 N–H and O–H groups in total. The van der Waals surface area contributed by atoms with Gasteiger partial charge in [-0.2, -0.15) is 5.10 Å². The molecule has 0 aliphatic carbocycles. The van der Waals surface area contributed by atoms with Crippen molar-refractivity contribution in [2.24, 2.45) is 7.05 Å². The second kappa shape index (κ2) is 7.13. The van der Waals surface area contributed by atoms with Gasteiger partial charge < -0.3 is 9.47 Å². The Bertz CT molecular complexity index is 390. The average Bonchev–Trinajstić information content (AvgIpc) is 2.75. The van der Waals surface area contributed by atoms with Gasteiger partial charge in [-0.15, -0.1) is 0 Å². The van der Waals surface area contributed by atoms with Crippen LogP contribution in [0.5, 0.6) is 0 Å². The molecule has 0 aromatic carbocycles. The molecule has 0 fully saturated rings. The second-order valence-corrected chi connectivity index (χ2v) is 3.96. The molecule has 0 amide bonds. The van der Waals surface area contributed by atoms with Crippen molar-refractivity contribution in [3.8, 4) is 0 Å². The second-order valence-electron chi connectivity index (χ2n) is 3.96. The first kappa shape index (κ1) is 14.7. The van der Waals surface area contributed by atoms with Gasteiger partial charge in [0.05, 0.1) is 19.4 Å². The van der Waals surface area contributed by atoms with E-state index in [1.165, 1.54) is 7.11 Å². The van der Waals surface area contributed by atoms with Gasteiger partial charge in [-0.25, -0.2) is 4.79 Å². The molecule has 1 heterocycles. The highest BCUT2D eigenvalue weighted by atomic mass is 16.5. The van der Waals surface area contributed by atoms with E-state index in [0.29, 0.717) is 13.2 Å². The maximum absolute atomic E-state index is 11.8. The smallest absolute Gasteiger partial charge is 0.327 e. The summed E-state index contributed by atoms with van der Waals surface area (Å²) in [6, 6.07) is -0.492. The number of esters is 1. The predicted octanol–water partition coefficient (Wildman–Crippen LogP) is 0.433. The summed E-state index contributed by atoms with van der Waals surface area (Å²) in [6.07, 6.45) is 2.62. The molecule has 18 heavy (non-hydrogen) atoms. The summed E-state index contributed by atoms with van der Waals surface area (Å²) in [6.45, 7) is 3.12. The Balaban J connectivity index is 2.89. The number of hydrogen-bond donors (Lipinski definition) is 1. The van der Waals surface area contributed by atoms with Crippen LogP contribution >= 0.6 is 0 Å². The number of hydrogen-bond acceptors (Lipinski definition) is 5. The van der Waals surface area contributed by atoms with Crippen LogP contribution in [0.4, 0.5) is 0 Å². The van der Waals surface area contributed by atoms with Crippen LogP contribution in [0.3, 0.4) is 0 Å². The highest BCUT2D eigenvalue weighted by Crippen LogP contribution is 2.18. The highest BCUT2D eigenvalue weighted by Gasteiger charge is 2.25. The van der Waals surface area contributed by atoms with Crippen LogP contribution in [0.25, 0.3) is 0 Å². The summed E-state index contributed by atoms with van der Waals surface area (Å²) < 4.78 is 11.5. The van der Waals surface area contributed by atoms with Crippen molar-refractivity contribution in [3.63, 3.8) is 0 Å². The van der Waals surface area contributed by atoms with Gasteiger partial charge >= 0.3 is 5.97 Å². The minimum Gasteiger partial charge on any atom is -0.468 e. The molecule has 0 saturated heterocycles. The van der Waals surface area contributed by atoms with Crippen molar-refractivity contribution in [1.82, 2.24) is 15.1 Å². The number of nitrogens with one attached hydrogen (secondary N) is 1. The Morgan fingerprint density at radius 3 is 2.83 bits per heavy atom. The first-order valence-corrected chi connectivity index (χ1v) is 5.96. The lowest BCUT2D eigenvalue weighted by atomic mass is 10.1. The molecule has 0 saturated carbocycles. The largest absolute Gasteiger partial charge is 0.468 e. The number of nitrogens with zero attached hydrogens (tertiary/aromatic N) is 2. The average molecular weight is 255 g/mol. The Labute approximate surface area is 107 Å². The molecule has 1 aromatic rings. The third-order valence-electron chi connectivity index (χ3n) is 2.68. The lowest BCUT2D eigenvalue weighted by Gasteiger charge is -2.16. The van der Waals surface area contributed by atoms with Gasteiger partial charge in [-0.1, -0.05) is 6.92 Å². The predicted molar refractivity (Wildman–Crippen MR) is 67.2 cm³/mol. The molecular formula is C12H21N3O3. The maximum Gasteiger partial charge on any atom is 0.327 e. The van der Waals surface area contributed by atoms with Gasteiger partial charge in [0, 0.05) is 32.5 Å². The highest BCUT2D eigenvalue weighted by molar-refractivity contribution is 5.77. The van der Waals surface area contributed by atoms with Crippen LogP contribution in [-0.2, 0) is 27.7 Å². The molecule has 0 spiro atoms. The van der Waals surface area contributed by atoms with E-state index in [1.807, 2.05) is 20.2 Å². The summed E-state index contributed by atoms with van der Waals surface area (Å²) in [5.74, 6) is -0.311. The number of methoxy groups -OCH3 is 2. The number of aryl methyl sites for hydroxylation is 2. The quantitative estimate of drug-likeness (QED) is 0.565. The fourth-order valence-electron chi connectivity index (χ4n) is 1.81. The van der Waals surface area contributed by atoms with Crippen LogP contribution in [-0.4, -0.2) is 43.1 Å². The number of carbonyl (C=O) groups excluding carboxylic acids is 1. The summed E-state index contributed by atoms with van der Waals surface area (Å²) in [5, 5.41) is 7.46. The first-order valence-electron chi connectivity index (χ1n) is 5.96. The normalized spacial score (nSPS) is 12.4. The SMILES string of the molecule is CCc1nn(C)cc1C(NCCOC)C(=O)OC. The minimum absolute atomic E-state index is 0.311. The van der Waals surface area contributed by atoms with Crippen molar-refractivity contribution in [3.05, 3.63) is 17.5 Å². The number of ether oxygens (including phenoxy) is 2. The van der Waals surface area contributed by atoms with E-state index in [9.17, 15) is 4.79 Å². The van der Waals surface area contributed by atoms with Crippen LogP contribution in [0, 0.1) is 0 Å². The third-order valence-corrected chi connectivity index (χ3v) is 2.68. The van der Waals surface area contributed by atoms with E-state index in [4.69, 9.17) is 9.47 Å². The van der Waals surface area contributed by atoms with E-state index in [1.54, 1.807) is 11.8 Å². The zero-order valence-electron chi connectivity index (χ0n) is 11.4. The molecule has 0 aliphatic rings. The lowest BCUT2D eigenvalue weighted by molar-refractivity contribution is -0.143. The monoisotopic (exact) mass is 255 g/mol. The number of rotatable bonds is 7. The van der Waals surface area contributed by atoms with E-state index < -0.39 is 6.04 Å². The maximum atomic E-state index is 11.8. The van der Waals surface area contributed by atoms with Crippen molar-refractivity contribution >= 4 is 5.97 Å². The molecule has 0 aliphatic heterocycles. The van der Waals surface area contributed by atoms with Crippen LogP contribution < -0.4 is 5.32 Å². The zero-order chi connectivity index (χ0) is 13.5. The van der Waals surface area contributed by atoms with Gasteiger partial charge in [0.1, 0.15) is 6.04 Å². The van der Waals surface area contributed by atoms with E-state index >= 15 is 0 Å². The molecule has 0 radical (unpaired) electrons. The van der Waals surface area contributed by atoms with Crippen LogP contribution in [0.1, 0.15) is 24.2 Å². The Morgan fingerprint density at radius 1 is 1.56 bits per heavy atom. The molecule has 6 nitrogen and oxygen atoms in total.